The summed E-state index contributed by atoms with van der Waals surface area (Å²) in [6.45, 7) is 1.99. The molecule has 0 fully saturated rings. The largest absolute Gasteiger partial charge is 0.481 e. The number of ether oxygens (including phenoxy) is 2. The van der Waals surface area contributed by atoms with Gasteiger partial charge >= 0.3 is 5.97 Å². The Labute approximate surface area is 143 Å². The second-order valence-electron chi connectivity index (χ2n) is 4.86. The molecule has 3 aromatic rings. The molecule has 7 heteroatoms. The highest BCUT2D eigenvalue weighted by atomic mass is 35.5. The number of nitrogens with zero attached hydrogens (tertiary/aromatic N) is 3. The number of pyridine rings is 3. The number of halogens is 1. The maximum absolute atomic E-state index is 11.9. The third-order valence-corrected chi connectivity index (χ3v) is 3.77. The summed E-state index contributed by atoms with van der Waals surface area (Å²) < 4.78 is 10.0. The molecule has 0 radical (unpaired) electrons. The van der Waals surface area contributed by atoms with Crippen molar-refractivity contribution in [2.75, 3.05) is 13.7 Å². The van der Waals surface area contributed by atoms with E-state index in [4.69, 9.17) is 21.1 Å². The second-order valence-corrected chi connectivity index (χ2v) is 5.24. The van der Waals surface area contributed by atoms with Gasteiger partial charge in [0.1, 0.15) is 5.52 Å². The van der Waals surface area contributed by atoms with Gasteiger partial charge in [-0.2, -0.15) is 0 Å². The quantitative estimate of drug-likeness (QED) is 0.675. The number of hydrogen-bond acceptors (Lipinski definition) is 6. The van der Waals surface area contributed by atoms with Gasteiger partial charge in [-0.1, -0.05) is 11.6 Å². The number of aromatic nitrogens is 3. The fourth-order valence-electron chi connectivity index (χ4n) is 2.20. The smallest absolute Gasteiger partial charge is 0.341 e. The molecule has 0 bridgehead atoms. The van der Waals surface area contributed by atoms with Crippen molar-refractivity contribution in [2.24, 2.45) is 0 Å². The highest BCUT2D eigenvalue weighted by Crippen LogP contribution is 2.28. The van der Waals surface area contributed by atoms with Crippen molar-refractivity contribution < 1.29 is 14.3 Å². The average molecular weight is 344 g/mol. The van der Waals surface area contributed by atoms with Gasteiger partial charge in [-0.3, -0.25) is 4.98 Å². The maximum atomic E-state index is 11.9. The zero-order valence-electron chi connectivity index (χ0n) is 13.1. The molecular formula is C17H14ClN3O3. The molecule has 122 valence electrons. The Hall–Kier alpha value is -2.73. The van der Waals surface area contributed by atoms with Gasteiger partial charge in [-0.05, 0) is 25.1 Å². The fourth-order valence-corrected chi connectivity index (χ4v) is 2.47. The highest BCUT2D eigenvalue weighted by molar-refractivity contribution is 6.37. The van der Waals surface area contributed by atoms with Crippen LogP contribution >= 0.6 is 11.6 Å². The molecule has 24 heavy (non-hydrogen) atoms. The van der Waals surface area contributed by atoms with Crippen LogP contribution in [0, 0.1) is 0 Å². The van der Waals surface area contributed by atoms with Crippen molar-refractivity contribution in [2.45, 2.75) is 6.92 Å². The lowest BCUT2D eigenvalue weighted by molar-refractivity contribution is 0.0526. The zero-order valence-corrected chi connectivity index (χ0v) is 13.9. The first-order valence-electron chi connectivity index (χ1n) is 7.26. The van der Waals surface area contributed by atoms with Gasteiger partial charge in [0.2, 0.25) is 5.88 Å². The van der Waals surface area contributed by atoms with E-state index in [0.717, 1.165) is 5.56 Å². The molecular weight excluding hydrogens is 330 g/mol. The number of fused-ring (bicyclic) bond motifs is 1. The molecule has 0 saturated heterocycles. The molecule has 0 aliphatic rings. The average Bonchev–Trinajstić information content (AvgIpc) is 2.62. The Balaban J connectivity index is 2.08. The minimum Gasteiger partial charge on any atom is -0.481 e. The number of methoxy groups -OCH3 is 1. The van der Waals surface area contributed by atoms with Crippen molar-refractivity contribution in [3.8, 4) is 17.1 Å². The number of hydrogen-bond donors (Lipinski definition) is 0. The van der Waals surface area contributed by atoms with E-state index in [1.54, 1.807) is 32.4 Å². The summed E-state index contributed by atoms with van der Waals surface area (Å²) in [5.74, 6) is -0.000877. The summed E-state index contributed by atoms with van der Waals surface area (Å²) in [7, 11) is 1.55. The number of carbonyl (C=O) groups is 1. The van der Waals surface area contributed by atoms with E-state index < -0.39 is 5.97 Å². The van der Waals surface area contributed by atoms with Crippen LogP contribution < -0.4 is 4.74 Å². The van der Waals surface area contributed by atoms with Crippen molar-refractivity contribution in [3.63, 3.8) is 0 Å². The lowest BCUT2D eigenvalue weighted by Gasteiger charge is -2.08. The predicted octanol–water partition coefficient (Wildman–Crippen LogP) is 3.53. The Bertz CT molecular complexity index is 897. The van der Waals surface area contributed by atoms with E-state index in [9.17, 15) is 4.79 Å². The van der Waals surface area contributed by atoms with Gasteiger partial charge in [0.25, 0.3) is 0 Å². The van der Waals surface area contributed by atoms with Crippen molar-refractivity contribution in [1.29, 1.82) is 0 Å². The highest BCUT2D eigenvalue weighted by Gasteiger charge is 2.16. The van der Waals surface area contributed by atoms with E-state index in [2.05, 4.69) is 15.0 Å². The zero-order chi connectivity index (χ0) is 17.1. The molecule has 3 aromatic heterocycles. The summed E-state index contributed by atoms with van der Waals surface area (Å²) in [5.41, 5.74) is 2.70. The molecule has 0 unspecified atom stereocenters. The van der Waals surface area contributed by atoms with Crippen LogP contribution in [0.25, 0.3) is 22.3 Å². The molecule has 0 spiro atoms. The van der Waals surface area contributed by atoms with Crippen LogP contribution in [0.3, 0.4) is 0 Å². The topological polar surface area (TPSA) is 74.2 Å². The van der Waals surface area contributed by atoms with Crippen LogP contribution in [0.4, 0.5) is 0 Å². The molecule has 0 aliphatic carbocycles. The van der Waals surface area contributed by atoms with Crippen molar-refractivity contribution >= 4 is 28.6 Å². The molecule has 3 rings (SSSR count). The van der Waals surface area contributed by atoms with Gasteiger partial charge in [0, 0.05) is 24.0 Å². The van der Waals surface area contributed by atoms with E-state index in [-0.39, 0.29) is 17.2 Å². The van der Waals surface area contributed by atoms with Gasteiger partial charge < -0.3 is 9.47 Å². The van der Waals surface area contributed by atoms with E-state index >= 15 is 0 Å². The first-order valence-corrected chi connectivity index (χ1v) is 7.64. The van der Waals surface area contributed by atoms with E-state index in [0.29, 0.717) is 22.6 Å². The summed E-state index contributed by atoms with van der Waals surface area (Å²) in [6, 6.07) is 7.20. The van der Waals surface area contributed by atoms with Crippen molar-refractivity contribution in [3.05, 3.63) is 47.2 Å². The number of rotatable bonds is 4. The molecule has 0 aromatic carbocycles. The molecule has 0 N–H and O–H groups in total. The lowest BCUT2D eigenvalue weighted by atomic mass is 10.1. The molecule has 0 saturated carbocycles. The van der Waals surface area contributed by atoms with Gasteiger partial charge in [-0.15, -0.1) is 0 Å². The summed E-state index contributed by atoms with van der Waals surface area (Å²) in [5, 5.41) is 0.224. The number of carbonyl (C=O) groups excluding carboxylic acids is 1. The van der Waals surface area contributed by atoms with Crippen LogP contribution in [0.15, 0.2) is 36.7 Å². The molecule has 0 aliphatic heterocycles. The van der Waals surface area contributed by atoms with Gasteiger partial charge in [0.05, 0.1) is 35.5 Å². The molecule has 3 heterocycles. The lowest BCUT2D eigenvalue weighted by Crippen LogP contribution is -2.06. The Morgan fingerprint density at radius 3 is 2.67 bits per heavy atom. The van der Waals surface area contributed by atoms with Crippen LogP contribution in [0.1, 0.15) is 17.3 Å². The first kappa shape index (κ1) is 16.1. The third kappa shape index (κ3) is 3.00. The predicted molar refractivity (Wildman–Crippen MR) is 90.3 cm³/mol. The third-order valence-electron chi connectivity index (χ3n) is 3.39. The minimum absolute atomic E-state index is 0.198. The molecule has 0 atom stereocenters. The maximum Gasteiger partial charge on any atom is 0.341 e. The van der Waals surface area contributed by atoms with Gasteiger partial charge in [0.15, 0.2) is 0 Å². The van der Waals surface area contributed by atoms with Crippen LogP contribution in [0.2, 0.25) is 5.02 Å². The SMILES string of the molecule is CCOC(=O)c1cnc2ccc(-c3ccc(OC)nc3)nc2c1Cl. The summed E-state index contributed by atoms with van der Waals surface area (Å²) in [6.07, 6.45) is 3.06. The minimum atomic E-state index is -0.518. The summed E-state index contributed by atoms with van der Waals surface area (Å²) >= 11 is 6.34. The first-order chi connectivity index (χ1) is 11.6. The van der Waals surface area contributed by atoms with Crippen LogP contribution in [-0.4, -0.2) is 34.6 Å². The van der Waals surface area contributed by atoms with E-state index in [1.165, 1.54) is 6.20 Å². The molecule has 0 amide bonds. The van der Waals surface area contributed by atoms with Gasteiger partial charge in [-0.25, -0.2) is 14.8 Å². The second kappa shape index (κ2) is 6.80. The molecule has 6 nitrogen and oxygen atoms in total. The number of esters is 1. The fraction of sp³-hybridized carbons (Fsp3) is 0.176. The normalized spacial score (nSPS) is 10.6. The van der Waals surface area contributed by atoms with E-state index in [1.807, 2.05) is 12.1 Å². The monoisotopic (exact) mass is 343 g/mol. The van der Waals surface area contributed by atoms with Crippen molar-refractivity contribution in [1.82, 2.24) is 15.0 Å². The van der Waals surface area contributed by atoms with Crippen LogP contribution in [-0.2, 0) is 4.74 Å². The Kier molecular flexibility index (Phi) is 4.57. The Morgan fingerprint density at radius 2 is 2.00 bits per heavy atom. The summed E-state index contributed by atoms with van der Waals surface area (Å²) in [4.78, 5) is 24.8. The standard InChI is InChI=1S/C17H14ClN3O3/c1-3-24-17(22)11-9-19-13-6-5-12(21-16(13)15(11)18)10-4-7-14(23-2)20-8-10/h4-9H,3H2,1-2H3. The van der Waals surface area contributed by atoms with Crippen LogP contribution in [0.5, 0.6) is 5.88 Å². The Morgan fingerprint density at radius 1 is 1.17 bits per heavy atom.